The number of aromatic carboxylic acids is 1. The topological polar surface area (TPSA) is 55.1 Å². The van der Waals surface area contributed by atoms with E-state index in [0.717, 1.165) is 42.6 Å². The molecule has 4 bridgehead atoms. The number of hydrogen-bond donors (Lipinski definition) is 1. The van der Waals surface area contributed by atoms with Crippen LogP contribution in [0, 0.1) is 17.7 Å². The van der Waals surface area contributed by atoms with Crippen molar-refractivity contribution in [3.63, 3.8) is 0 Å². The van der Waals surface area contributed by atoms with Gasteiger partial charge in [-0.25, -0.2) is 13.9 Å². The first-order chi connectivity index (χ1) is 11.6. The van der Waals surface area contributed by atoms with Gasteiger partial charge >= 0.3 is 5.97 Å². The molecule has 24 heavy (non-hydrogen) atoms. The molecule has 0 saturated heterocycles. The van der Waals surface area contributed by atoms with Gasteiger partial charge in [0.05, 0.1) is 11.4 Å². The summed E-state index contributed by atoms with van der Waals surface area (Å²) >= 11 is 0. The van der Waals surface area contributed by atoms with Gasteiger partial charge in [-0.1, -0.05) is 0 Å². The van der Waals surface area contributed by atoms with Gasteiger partial charge in [0.25, 0.3) is 0 Å². The van der Waals surface area contributed by atoms with Crippen molar-refractivity contribution in [3.8, 4) is 5.69 Å². The average Bonchev–Trinajstić information content (AvgIpc) is 2.87. The minimum Gasteiger partial charge on any atom is -0.476 e. The number of carboxylic acid groups (broad SMARTS) is 1. The largest absolute Gasteiger partial charge is 0.476 e. The van der Waals surface area contributed by atoms with Crippen LogP contribution >= 0.6 is 0 Å². The molecule has 1 N–H and O–H groups in total. The van der Waals surface area contributed by atoms with Crippen molar-refractivity contribution < 1.29 is 14.3 Å². The lowest BCUT2D eigenvalue weighted by molar-refractivity contribution is 0.0686. The summed E-state index contributed by atoms with van der Waals surface area (Å²) in [6.07, 6.45) is 5.74. The highest BCUT2D eigenvalue weighted by Gasteiger charge is 2.46. The Hall–Kier alpha value is -2.17. The van der Waals surface area contributed by atoms with Crippen LogP contribution in [0.1, 0.15) is 65.7 Å². The van der Waals surface area contributed by atoms with E-state index in [-0.39, 0.29) is 11.5 Å². The first-order valence-electron chi connectivity index (χ1n) is 8.72. The Morgan fingerprint density at radius 2 is 1.67 bits per heavy atom. The van der Waals surface area contributed by atoms with E-state index in [4.69, 9.17) is 0 Å². The molecule has 0 radical (unpaired) electrons. The summed E-state index contributed by atoms with van der Waals surface area (Å²) < 4.78 is 15.1. The van der Waals surface area contributed by atoms with Crippen LogP contribution in [0.2, 0.25) is 0 Å². The molecule has 4 aliphatic carbocycles. The molecule has 5 heteroatoms. The minimum atomic E-state index is -0.951. The van der Waals surface area contributed by atoms with Gasteiger partial charge in [-0.3, -0.25) is 0 Å². The molecule has 1 aromatic heterocycles. The van der Waals surface area contributed by atoms with Crippen molar-refractivity contribution in [2.75, 3.05) is 0 Å². The van der Waals surface area contributed by atoms with Crippen molar-refractivity contribution in [1.82, 2.24) is 9.78 Å². The molecule has 4 aliphatic rings. The van der Waals surface area contributed by atoms with Crippen molar-refractivity contribution in [1.29, 1.82) is 0 Å². The fourth-order valence-electron chi connectivity index (χ4n) is 5.49. The SMILES string of the molecule is O=C(O)c1nn(-c2ccc(F)cc2)c2c1C1CC3CC(C1)CC2C3. The van der Waals surface area contributed by atoms with Crippen LogP contribution in [0.15, 0.2) is 24.3 Å². The fourth-order valence-corrected chi connectivity index (χ4v) is 5.49. The summed E-state index contributed by atoms with van der Waals surface area (Å²) in [5.41, 5.74) is 2.99. The maximum atomic E-state index is 13.3. The lowest BCUT2D eigenvalue weighted by Crippen LogP contribution is -2.26. The molecule has 2 aromatic rings. The first-order valence-corrected chi connectivity index (χ1v) is 8.72. The van der Waals surface area contributed by atoms with E-state index < -0.39 is 5.97 Å². The van der Waals surface area contributed by atoms with Gasteiger partial charge < -0.3 is 5.11 Å². The van der Waals surface area contributed by atoms with Crippen molar-refractivity contribution in [3.05, 3.63) is 47.0 Å². The predicted octanol–water partition coefficient (Wildman–Crippen LogP) is 4.10. The number of halogens is 1. The van der Waals surface area contributed by atoms with Crippen LogP contribution in [0.5, 0.6) is 0 Å². The number of nitrogens with zero attached hydrogens (tertiary/aromatic N) is 2. The summed E-state index contributed by atoms with van der Waals surface area (Å²) in [5, 5.41) is 14.1. The number of rotatable bonds is 2. The Balaban J connectivity index is 1.75. The molecule has 1 aromatic carbocycles. The molecule has 2 unspecified atom stereocenters. The molecular weight excluding hydrogens is 307 g/mol. The average molecular weight is 326 g/mol. The van der Waals surface area contributed by atoms with Crippen LogP contribution in [-0.2, 0) is 0 Å². The standard InChI is InChI=1S/C19H19FN2O2/c20-14-1-3-15(4-2-14)22-18-13-8-10-5-11(9-13)7-12(6-10)16(18)17(21-22)19(23)24/h1-4,10-13H,5-9H2,(H,23,24). The highest BCUT2D eigenvalue weighted by molar-refractivity contribution is 5.88. The number of aromatic nitrogens is 2. The molecule has 124 valence electrons. The zero-order valence-electron chi connectivity index (χ0n) is 13.3. The highest BCUT2D eigenvalue weighted by atomic mass is 19.1. The summed E-state index contributed by atoms with van der Waals surface area (Å²) in [4.78, 5) is 11.8. The van der Waals surface area contributed by atoms with Crippen molar-refractivity contribution in [2.24, 2.45) is 11.8 Å². The highest BCUT2D eigenvalue weighted by Crippen LogP contribution is 2.57. The Kier molecular flexibility index (Phi) is 2.91. The molecule has 6 rings (SSSR count). The van der Waals surface area contributed by atoms with E-state index >= 15 is 0 Å². The molecule has 2 saturated carbocycles. The van der Waals surface area contributed by atoms with E-state index in [1.54, 1.807) is 16.8 Å². The number of carboxylic acids is 1. The molecule has 1 heterocycles. The lowest BCUT2D eigenvalue weighted by atomic mass is 9.67. The van der Waals surface area contributed by atoms with Gasteiger partial charge in [-0.15, -0.1) is 0 Å². The summed E-state index contributed by atoms with van der Waals surface area (Å²) in [7, 11) is 0. The van der Waals surface area contributed by atoms with Crippen molar-refractivity contribution >= 4 is 5.97 Å². The normalized spacial score (nSPS) is 30.2. The maximum absolute atomic E-state index is 13.3. The van der Waals surface area contributed by atoms with Gasteiger partial charge in [0.1, 0.15) is 5.82 Å². The van der Waals surface area contributed by atoms with Gasteiger partial charge in [-0.05, 0) is 74.1 Å². The first kappa shape index (κ1) is 14.2. The quantitative estimate of drug-likeness (QED) is 0.904. The van der Waals surface area contributed by atoms with Gasteiger partial charge in [0, 0.05) is 11.5 Å². The van der Waals surface area contributed by atoms with E-state index in [0.29, 0.717) is 23.7 Å². The summed E-state index contributed by atoms with van der Waals surface area (Å²) in [6, 6.07) is 6.18. The second kappa shape index (κ2) is 4.91. The Morgan fingerprint density at radius 1 is 1.04 bits per heavy atom. The third-order valence-electron chi connectivity index (χ3n) is 6.17. The lowest BCUT2D eigenvalue weighted by Gasteiger charge is -2.38. The van der Waals surface area contributed by atoms with Gasteiger partial charge in [-0.2, -0.15) is 5.10 Å². The Bertz CT molecular complexity index is 813. The Labute approximate surface area is 139 Å². The van der Waals surface area contributed by atoms with Crippen LogP contribution < -0.4 is 0 Å². The second-order valence-electron chi connectivity index (χ2n) is 7.65. The third-order valence-corrected chi connectivity index (χ3v) is 6.17. The molecule has 2 atom stereocenters. The van der Waals surface area contributed by atoms with E-state index in [9.17, 15) is 14.3 Å². The van der Waals surface area contributed by atoms with E-state index in [2.05, 4.69) is 5.10 Å². The summed E-state index contributed by atoms with van der Waals surface area (Å²) in [6.45, 7) is 0. The van der Waals surface area contributed by atoms with Crippen LogP contribution in [-0.4, -0.2) is 20.9 Å². The number of carbonyl (C=O) groups is 1. The monoisotopic (exact) mass is 326 g/mol. The van der Waals surface area contributed by atoms with Gasteiger partial charge in [0.15, 0.2) is 5.69 Å². The maximum Gasteiger partial charge on any atom is 0.356 e. The summed E-state index contributed by atoms with van der Waals surface area (Å²) in [5.74, 6) is 0.869. The second-order valence-corrected chi connectivity index (χ2v) is 7.65. The van der Waals surface area contributed by atoms with E-state index in [1.165, 1.54) is 18.6 Å². The smallest absolute Gasteiger partial charge is 0.356 e. The molecule has 0 amide bonds. The minimum absolute atomic E-state index is 0.201. The molecular formula is C19H19FN2O2. The zero-order chi connectivity index (χ0) is 16.4. The molecule has 0 aliphatic heterocycles. The van der Waals surface area contributed by atoms with Gasteiger partial charge in [0.2, 0.25) is 0 Å². The molecule has 0 spiro atoms. The zero-order valence-corrected chi connectivity index (χ0v) is 13.3. The fraction of sp³-hybridized carbons (Fsp3) is 0.474. The van der Waals surface area contributed by atoms with Crippen LogP contribution in [0.3, 0.4) is 0 Å². The number of benzene rings is 1. The molecule has 2 fully saturated rings. The Morgan fingerprint density at radius 3 is 2.29 bits per heavy atom. The van der Waals surface area contributed by atoms with Crippen molar-refractivity contribution in [2.45, 2.75) is 43.9 Å². The van der Waals surface area contributed by atoms with Crippen LogP contribution in [0.25, 0.3) is 5.69 Å². The van der Waals surface area contributed by atoms with Crippen LogP contribution in [0.4, 0.5) is 4.39 Å². The third kappa shape index (κ3) is 1.96. The number of hydrogen-bond acceptors (Lipinski definition) is 2. The molecule has 4 nitrogen and oxygen atoms in total. The predicted molar refractivity (Wildman–Crippen MR) is 86.0 cm³/mol. The van der Waals surface area contributed by atoms with E-state index in [1.807, 2.05) is 0 Å².